The highest BCUT2D eigenvalue weighted by molar-refractivity contribution is 6.34. The number of amides is 2. The zero-order valence-corrected chi connectivity index (χ0v) is 13.6. The maximum Gasteiger partial charge on any atom is 0.309 e. The standard InChI is InChI=1S/C19H19N3O2/c1-11-8-14(10-21-19(24)18(20)23)17-15(9-11)12(2)16(22-17)13-6-4-3-5-7-13/h3-9,22H,10H2,1-2H3,(H2,20,23)(H,21,24). The molecular weight excluding hydrogens is 302 g/mol. The number of aryl methyl sites for hydroxylation is 2. The van der Waals surface area contributed by atoms with Crippen molar-refractivity contribution in [3.63, 3.8) is 0 Å². The minimum atomic E-state index is -0.980. The van der Waals surface area contributed by atoms with Crippen molar-refractivity contribution in [3.05, 3.63) is 59.2 Å². The van der Waals surface area contributed by atoms with E-state index in [9.17, 15) is 9.59 Å². The molecule has 1 heterocycles. The predicted molar refractivity (Wildman–Crippen MR) is 94.2 cm³/mol. The van der Waals surface area contributed by atoms with Gasteiger partial charge >= 0.3 is 11.8 Å². The molecule has 0 aliphatic rings. The van der Waals surface area contributed by atoms with Crippen LogP contribution < -0.4 is 11.1 Å². The second kappa shape index (κ2) is 6.20. The van der Waals surface area contributed by atoms with Gasteiger partial charge in [-0.05, 0) is 36.6 Å². The summed E-state index contributed by atoms with van der Waals surface area (Å²) in [7, 11) is 0. The Labute approximate surface area is 139 Å². The molecule has 0 aliphatic heterocycles. The van der Waals surface area contributed by atoms with E-state index in [0.29, 0.717) is 0 Å². The third-order valence-electron chi connectivity index (χ3n) is 4.12. The summed E-state index contributed by atoms with van der Waals surface area (Å²) in [6.45, 7) is 4.33. The smallest absolute Gasteiger partial charge is 0.309 e. The van der Waals surface area contributed by atoms with Gasteiger partial charge in [0.15, 0.2) is 0 Å². The molecule has 3 aromatic rings. The number of H-pyrrole nitrogens is 1. The van der Waals surface area contributed by atoms with Crippen LogP contribution in [0, 0.1) is 13.8 Å². The van der Waals surface area contributed by atoms with Gasteiger partial charge in [0, 0.05) is 17.6 Å². The van der Waals surface area contributed by atoms with Crippen LogP contribution >= 0.6 is 0 Å². The SMILES string of the molecule is Cc1cc(CNC(=O)C(N)=O)c2[nH]c(-c3ccccc3)c(C)c2c1. The van der Waals surface area contributed by atoms with Crippen LogP contribution in [-0.2, 0) is 16.1 Å². The summed E-state index contributed by atoms with van der Waals surface area (Å²) in [6, 6.07) is 14.2. The number of fused-ring (bicyclic) bond motifs is 1. The van der Waals surface area contributed by atoms with Gasteiger partial charge < -0.3 is 16.0 Å². The van der Waals surface area contributed by atoms with Gasteiger partial charge in [-0.15, -0.1) is 0 Å². The lowest BCUT2D eigenvalue weighted by Gasteiger charge is -2.06. The molecule has 2 amide bonds. The third-order valence-corrected chi connectivity index (χ3v) is 4.12. The van der Waals surface area contributed by atoms with Crippen molar-refractivity contribution in [1.82, 2.24) is 10.3 Å². The Hall–Kier alpha value is -3.08. The summed E-state index contributed by atoms with van der Waals surface area (Å²) in [6.07, 6.45) is 0. The van der Waals surface area contributed by atoms with Gasteiger partial charge in [-0.3, -0.25) is 9.59 Å². The van der Waals surface area contributed by atoms with Crippen LogP contribution in [0.4, 0.5) is 0 Å². The van der Waals surface area contributed by atoms with E-state index in [0.717, 1.165) is 38.9 Å². The number of carbonyl (C=O) groups is 2. The molecule has 0 saturated heterocycles. The molecule has 24 heavy (non-hydrogen) atoms. The molecule has 0 spiro atoms. The fourth-order valence-corrected chi connectivity index (χ4v) is 2.95. The van der Waals surface area contributed by atoms with Crippen molar-refractivity contribution in [2.24, 2.45) is 5.73 Å². The van der Waals surface area contributed by atoms with Gasteiger partial charge in [0.05, 0.1) is 5.52 Å². The Kier molecular flexibility index (Phi) is 4.08. The molecule has 5 nitrogen and oxygen atoms in total. The fourth-order valence-electron chi connectivity index (χ4n) is 2.95. The first-order chi connectivity index (χ1) is 11.5. The molecule has 0 fully saturated rings. The molecule has 4 N–H and O–H groups in total. The maximum atomic E-state index is 11.4. The summed E-state index contributed by atoms with van der Waals surface area (Å²) in [5.41, 5.74) is 11.3. The molecule has 1 aromatic heterocycles. The summed E-state index contributed by atoms with van der Waals surface area (Å²) in [5.74, 6) is -1.76. The second-order valence-corrected chi connectivity index (χ2v) is 5.88. The molecule has 0 aliphatic carbocycles. The highest BCUT2D eigenvalue weighted by Crippen LogP contribution is 2.32. The zero-order valence-electron chi connectivity index (χ0n) is 13.6. The molecule has 3 rings (SSSR count). The quantitative estimate of drug-likeness (QED) is 0.647. The minimum Gasteiger partial charge on any atom is -0.361 e. The maximum absolute atomic E-state index is 11.4. The topological polar surface area (TPSA) is 88.0 Å². The lowest BCUT2D eigenvalue weighted by Crippen LogP contribution is -2.35. The van der Waals surface area contributed by atoms with Crippen LogP contribution in [0.15, 0.2) is 42.5 Å². The fraction of sp³-hybridized carbons (Fsp3) is 0.158. The van der Waals surface area contributed by atoms with E-state index in [2.05, 4.69) is 35.4 Å². The van der Waals surface area contributed by atoms with Crippen molar-refractivity contribution in [2.45, 2.75) is 20.4 Å². The monoisotopic (exact) mass is 321 g/mol. The molecule has 2 aromatic carbocycles. The normalized spacial score (nSPS) is 10.8. The number of nitrogens with two attached hydrogens (primary N) is 1. The van der Waals surface area contributed by atoms with Crippen molar-refractivity contribution in [2.75, 3.05) is 0 Å². The number of rotatable bonds is 3. The van der Waals surface area contributed by atoms with Crippen molar-refractivity contribution in [3.8, 4) is 11.3 Å². The number of aromatic nitrogens is 1. The van der Waals surface area contributed by atoms with Crippen molar-refractivity contribution >= 4 is 22.7 Å². The lowest BCUT2D eigenvalue weighted by atomic mass is 10.0. The van der Waals surface area contributed by atoms with Gasteiger partial charge in [0.2, 0.25) is 0 Å². The Morgan fingerprint density at radius 1 is 1.12 bits per heavy atom. The van der Waals surface area contributed by atoms with Gasteiger partial charge in [0.25, 0.3) is 0 Å². The molecule has 0 radical (unpaired) electrons. The van der Waals surface area contributed by atoms with E-state index >= 15 is 0 Å². The van der Waals surface area contributed by atoms with Gasteiger partial charge in [-0.2, -0.15) is 0 Å². The van der Waals surface area contributed by atoms with E-state index in [4.69, 9.17) is 5.73 Å². The largest absolute Gasteiger partial charge is 0.361 e. The van der Waals surface area contributed by atoms with E-state index in [-0.39, 0.29) is 6.54 Å². The summed E-state index contributed by atoms with van der Waals surface area (Å²) >= 11 is 0. The van der Waals surface area contributed by atoms with Gasteiger partial charge in [-0.25, -0.2) is 0 Å². The first-order valence-electron chi connectivity index (χ1n) is 7.72. The molecule has 0 bridgehead atoms. The second-order valence-electron chi connectivity index (χ2n) is 5.88. The number of hydrogen-bond acceptors (Lipinski definition) is 2. The molecule has 5 heteroatoms. The average Bonchev–Trinajstić information content (AvgIpc) is 2.90. The number of hydrogen-bond donors (Lipinski definition) is 3. The van der Waals surface area contributed by atoms with Crippen molar-refractivity contribution < 1.29 is 9.59 Å². The molecular formula is C19H19N3O2. The van der Waals surface area contributed by atoms with E-state index in [1.54, 1.807) is 0 Å². The number of nitrogens with one attached hydrogen (secondary N) is 2. The van der Waals surface area contributed by atoms with E-state index in [1.165, 1.54) is 0 Å². The number of primary amides is 1. The Bertz CT molecular complexity index is 927. The number of carbonyl (C=O) groups excluding carboxylic acids is 2. The summed E-state index contributed by atoms with van der Waals surface area (Å²) < 4.78 is 0. The van der Waals surface area contributed by atoms with E-state index in [1.807, 2.05) is 31.2 Å². The Balaban J connectivity index is 2.07. The lowest BCUT2D eigenvalue weighted by molar-refractivity contribution is -0.137. The average molecular weight is 321 g/mol. The molecule has 122 valence electrons. The zero-order chi connectivity index (χ0) is 17.3. The van der Waals surface area contributed by atoms with Crippen LogP contribution in [0.3, 0.4) is 0 Å². The van der Waals surface area contributed by atoms with Crippen molar-refractivity contribution in [1.29, 1.82) is 0 Å². The molecule has 0 unspecified atom stereocenters. The van der Waals surface area contributed by atoms with E-state index < -0.39 is 11.8 Å². The first kappa shape index (κ1) is 15.8. The van der Waals surface area contributed by atoms with Crippen LogP contribution in [0.5, 0.6) is 0 Å². The Morgan fingerprint density at radius 3 is 2.50 bits per heavy atom. The van der Waals surface area contributed by atoms with Gasteiger partial charge in [-0.1, -0.05) is 42.0 Å². The van der Waals surface area contributed by atoms with Crippen LogP contribution in [0.1, 0.15) is 16.7 Å². The van der Waals surface area contributed by atoms with Crippen LogP contribution in [0.25, 0.3) is 22.2 Å². The van der Waals surface area contributed by atoms with Crippen LogP contribution in [-0.4, -0.2) is 16.8 Å². The molecule has 0 saturated carbocycles. The predicted octanol–water partition coefficient (Wildman–Crippen LogP) is 2.55. The number of aromatic amines is 1. The van der Waals surface area contributed by atoms with Crippen LogP contribution in [0.2, 0.25) is 0 Å². The summed E-state index contributed by atoms with van der Waals surface area (Å²) in [4.78, 5) is 25.8. The first-order valence-corrected chi connectivity index (χ1v) is 7.72. The highest BCUT2D eigenvalue weighted by Gasteiger charge is 2.14. The van der Waals surface area contributed by atoms with Gasteiger partial charge in [0.1, 0.15) is 0 Å². The Morgan fingerprint density at radius 2 is 1.83 bits per heavy atom. The highest BCUT2D eigenvalue weighted by atomic mass is 16.2. The third kappa shape index (κ3) is 2.88. The molecule has 0 atom stereocenters. The number of benzene rings is 2. The minimum absolute atomic E-state index is 0.244. The summed E-state index contributed by atoms with van der Waals surface area (Å²) in [5, 5.41) is 3.66.